The summed E-state index contributed by atoms with van der Waals surface area (Å²) in [7, 11) is 1.97. The van der Waals surface area contributed by atoms with E-state index in [0.717, 1.165) is 42.4 Å². The van der Waals surface area contributed by atoms with Crippen molar-refractivity contribution in [3.63, 3.8) is 0 Å². The number of rotatable bonds is 6. The number of nitrogens with one attached hydrogen (secondary N) is 2. The first-order valence-corrected chi connectivity index (χ1v) is 7.33. The Morgan fingerprint density at radius 3 is 2.33 bits per heavy atom. The third-order valence-corrected chi connectivity index (χ3v) is 3.72. The molecule has 114 valence electrons. The minimum Gasteiger partial charge on any atom is -0.370 e. The van der Waals surface area contributed by atoms with E-state index in [9.17, 15) is 0 Å². The van der Waals surface area contributed by atoms with Gasteiger partial charge in [-0.15, -0.1) is 0 Å². The van der Waals surface area contributed by atoms with Crippen LogP contribution in [0.5, 0.6) is 0 Å². The van der Waals surface area contributed by atoms with Gasteiger partial charge in [0.2, 0.25) is 0 Å². The average Bonchev–Trinajstić information content (AvgIpc) is 2.70. The van der Waals surface area contributed by atoms with Gasteiger partial charge < -0.3 is 10.6 Å². The smallest absolute Gasteiger partial charge is 0.134 e. The van der Waals surface area contributed by atoms with Gasteiger partial charge in [-0.25, -0.2) is 9.97 Å². The Hall–Kier alpha value is -2.11. The predicted octanol–water partition coefficient (Wildman–Crippen LogP) is 2.57. The zero-order chi connectivity index (χ0) is 15.4. The predicted molar refractivity (Wildman–Crippen MR) is 85.6 cm³/mol. The lowest BCUT2D eigenvalue weighted by molar-refractivity contribution is 0.730. The van der Waals surface area contributed by atoms with Crippen molar-refractivity contribution in [2.24, 2.45) is 7.05 Å². The van der Waals surface area contributed by atoms with Crippen molar-refractivity contribution in [1.82, 2.24) is 19.7 Å². The molecule has 2 heterocycles. The van der Waals surface area contributed by atoms with Crippen LogP contribution in [0, 0.1) is 20.8 Å². The summed E-state index contributed by atoms with van der Waals surface area (Å²) in [6.07, 6.45) is 2.66. The monoisotopic (exact) mass is 288 g/mol. The van der Waals surface area contributed by atoms with E-state index in [2.05, 4.69) is 39.5 Å². The number of hydrogen-bond donors (Lipinski definition) is 2. The van der Waals surface area contributed by atoms with E-state index in [1.165, 1.54) is 11.3 Å². The summed E-state index contributed by atoms with van der Waals surface area (Å²) in [4.78, 5) is 8.63. The topological polar surface area (TPSA) is 67.7 Å². The zero-order valence-electron chi connectivity index (χ0n) is 13.5. The first-order chi connectivity index (χ1) is 10.0. The Morgan fingerprint density at radius 2 is 1.76 bits per heavy atom. The molecule has 0 saturated heterocycles. The van der Waals surface area contributed by atoms with Crippen molar-refractivity contribution in [3.05, 3.63) is 28.8 Å². The average molecular weight is 288 g/mol. The largest absolute Gasteiger partial charge is 0.370 e. The number of aromatic nitrogens is 4. The fourth-order valence-corrected chi connectivity index (χ4v) is 2.30. The molecule has 0 atom stereocenters. The van der Waals surface area contributed by atoms with Crippen LogP contribution in [0.1, 0.15) is 35.9 Å². The molecule has 21 heavy (non-hydrogen) atoms. The second kappa shape index (κ2) is 6.56. The van der Waals surface area contributed by atoms with Crippen molar-refractivity contribution in [2.75, 3.05) is 17.2 Å². The van der Waals surface area contributed by atoms with Gasteiger partial charge in [0.15, 0.2) is 0 Å². The summed E-state index contributed by atoms with van der Waals surface area (Å²) in [5, 5.41) is 11.2. The molecule has 0 aliphatic heterocycles. The molecule has 0 aromatic carbocycles. The van der Waals surface area contributed by atoms with Crippen LogP contribution in [0.3, 0.4) is 0 Å². The van der Waals surface area contributed by atoms with Crippen molar-refractivity contribution < 1.29 is 0 Å². The molecule has 6 nitrogen and oxygen atoms in total. The van der Waals surface area contributed by atoms with Crippen LogP contribution in [-0.4, -0.2) is 26.3 Å². The molecule has 2 aromatic heterocycles. The maximum atomic E-state index is 4.43. The summed E-state index contributed by atoms with van der Waals surface area (Å²) >= 11 is 0. The molecule has 0 saturated carbocycles. The van der Waals surface area contributed by atoms with Gasteiger partial charge in [0.1, 0.15) is 18.0 Å². The molecule has 0 radical (unpaired) electrons. The van der Waals surface area contributed by atoms with Crippen LogP contribution in [0.2, 0.25) is 0 Å². The third-order valence-electron chi connectivity index (χ3n) is 3.72. The minimum atomic E-state index is 0.719. The van der Waals surface area contributed by atoms with Crippen molar-refractivity contribution in [3.8, 4) is 0 Å². The van der Waals surface area contributed by atoms with E-state index in [4.69, 9.17) is 0 Å². The Morgan fingerprint density at radius 1 is 1.10 bits per heavy atom. The van der Waals surface area contributed by atoms with Crippen LogP contribution in [0.15, 0.2) is 6.33 Å². The van der Waals surface area contributed by atoms with Crippen LogP contribution < -0.4 is 10.6 Å². The number of nitrogens with zero attached hydrogens (tertiary/aromatic N) is 4. The van der Waals surface area contributed by atoms with Crippen LogP contribution in [0.25, 0.3) is 0 Å². The summed E-state index contributed by atoms with van der Waals surface area (Å²) in [6.45, 7) is 9.91. The Kier molecular flexibility index (Phi) is 4.77. The van der Waals surface area contributed by atoms with Crippen molar-refractivity contribution in [2.45, 2.75) is 40.7 Å². The maximum Gasteiger partial charge on any atom is 0.134 e. The highest BCUT2D eigenvalue weighted by molar-refractivity contribution is 5.56. The molecular formula is C15H24N6. The molecule has 2 aromatic rings. The summed E-state index contributed by atoms with van der Waals surface area (Å²) in [5.74, 6) is 1.76. The van der Waals surface area contributed by atoms with Crippen LogP contribution >= 0.6 is 0 Å². The molecule has 2 rings (SSSR count). The number of anilines is 2. The fraction of sp³-hybridized carbons (Fsp3) is 0.533. The summed E-state index contributed by atoms with van der Waals surface area (Å²) in [6, 6.07) is 0. The molecule has 0 fully saturated rings. The highest BCUT2D eigenvalue weighted by atomic mass is 15.3. The first-order valence-electron chi connectivity index (χ1n) is 7.33. The number of aryl methyl sites for hydroxylation is 2. The Bertz CT molecular complexity index is 617. The van der Waals surface area contributed by atoms with Gasteiger partial charge in [0, 0.05) is 37.0 Å². The molecule has 6 heteroatoms. The van der Waals surface area contributed by atoms with Gasteiger partial charge in [-0.05, 0) is 27.2 Å². The minimum absolute atomic E-state index is 0.719. The molecule has 2 N–H and O–H groups in total. The Balaban J connectivity index is 2.13. The molecular weight excluding hydrogens is 264 g/mol. The normalized spacial score (nSPS) is 10.7. The van der Waals surface area contributed by atoms with Gasteiger partial charge in [-0.3, -0.25) is 4.68 Å². The van der Waals surface area contributed by atoms with Crippen LogP contribution in [-0.2, 0) is 13.6 Å². The van der Waals surface area contributed by atoms with Crippen LogP contribution in [0.4, 0.5) is 11.6 Å². The molecule has 0 aliphatic carbocycles. The van der Waals surface area contributed by atoms with E-state index >= 15 is 0 Å². The number of hydrogen-bond acceptors (Lipinski definition) is 5. The Labute approximate surface area is 126 Å². The lowest BCUT2D eigenvalue weighted by Crippen LogP contribution is -2.09. The van der Waals surface area contributed by atoms with E-state index in [1.54, 1.807) is 6.33 Å². The summed E-state index contributed by atoms with van der Waals surface area (Å²) < 4.78 is 1.91. The van der Waals surface area contributed by atoms with E-state index in [0.29, 0.717) is 0 Å². The van der Waals surface area contributed by atoms with E-state index in [-0.39, 0.29) is 0 Å². The van der Waals surface area contributed by atoms with Gasteiger partial charge in [0.05, 0.1) is 5.69 Å². The molecule has 0 bridgehead atoms. The SMILES string of the molecule is CCCNc1ncnc(NCc2c(C)nn(C)c2C)c1C. The third kappa shape index (κ3) is 3.32. The van der Waals surface area contributed by atoms with Crippen molar-refractivity contribution >= 4 is 11.6 Å². The van der Waals surface area contributed by atoms with Gasteiger partial charge in [-0.1, -0.05) is 6.92 Å². The second-order valence-electron chi connectivity index (χ2n) is 5.25. The standard InChI is InChI=1S/C15H24N6/c1-6-7-16-14-10(2)15(19-9-18-14)17-8-13-11(3)20-21(5)12(13)4/h9H,6-8H2,1-5H3,(H2,16,17,18,19). The molecule has 0 aliphatic rings. The second-order valence-corrected chi connectivity index (χ2v) is 5.25. The maximum absolute atomic E-state index is 4.43. The van der Waals surface area contributed by atoms with Gasteiger partial charge in [0.25, 0.3) is 0 Å². The highest BCUT2D eigenvalue weighted by Crippen LogP contribution is 2.20. The fourth-order valence-electron chi connectivity index (χ4n) is 2.30. The molecule has 0 amide bonds. The van der Waals surface area contributed by atoms with Crippen molar-refractivity contribution in [1.29, 1.82) is 0 Å². The quantitative estimate of drug-likeness (QED) is 0.855. The lowest BCUT2D eigenvalue weighted by Gasteiger charge is -2.12. The van der Waals surface area contributed by atoms with E-state index in [1.807, 2.05) is 25.6 Å². The zero-order valence-corrected chi connectivity index (χ0v) is 13.5. The molecule has 0 spiro atoms. The highest BCUT2D eigenvalue weighted by Gasteiger charge is 2.11. The van der Waals surface area contributed by atoms with E-state index < -0.39 is 0 Å². The summed E-state index contributed by atoms with van der Waals surface area (Å²) in [5.41, 5.74) is 4.50. The van der Waals surface area contributed by atoms with Gasteiger partial charge in [-0.2, -0.15) is 5.10 Å². The lowest BCUT2D eigenvalue weighted by atomic mass is 10.2. The first kappa shape index (κ1) is 15.3. The van der Waals surface area contributed by atoms with Gasteiger partial charge >= 0.3 is 0 Å². The molecule has 0 unspecified atom stereocenters.